The maximum atomic E-state index is 12.6. The molecule has 0 bridgehead atoms. The molecule has 1 aromatic heterocycles. The van der Waals surface area contributed by atoms with Crippen LogP contribution in [-0.2, 0) is 10.1 Å². The second-order valence-electron chi connectivity index (χ2n) is 5.43. The van der Waals surface area contributed by atoms with Gasteiger partial charge in [-0.05, 0) is 37.6 Å². The second-order valence-corrected chi connectivity index (χ2v) is 6.97. The van der Waals surface area contributed by atoms with Crippen molar-refractivity contribution in [1.29, 1.82) is 0 Å². The van der Waals surface area contributed by atoms with Crippen LogP contribution in [0, 0.1) is 13.8 Å². The fourth-order valence-corrected chi connectivity index (χ4v) is 3.10. The lowest BCUT2D eigenvalue weighted by atomic mass is 10.0. The van der Waals surface area contributed by atoms with E-state index in [1.165, 1.54) is 26.0 Å². The Kier molecular flexibility index (Phi) is 3.79. The molecule has 0 saturated carbocycles. The van der Waals surface area contributed by atoms with Gasteiger partial charge in [-0.1, -0.05) is 12.1 Å². The third-order valence-electron chi connectivity index (χ3n) is 3.71. The molecule has 1 heterocycles. The predicted octanol–water partition coefficient (Wildman–Crippen LogP) is 3.79. The fourth-order valence-electron chi connectivity index (χ4n) is 2.53. The molecule has 0 unspecified atom stereocenters. The molecule has 0 spiro atoms. The topological polar surface area (TPSA) is 73.6 Å². The SMILES string of the molecule is Cc1cc2c(=O)c3ccccc3oc2c(C)c1OS(=O)(=O)C(F)(F)F. The standard InChI is InChI=1S/C16H11F3O5S/c1-8-7-11-13(20)10-5-3-4-6-12(10)23-15(11)9(2)14(8)24-25(21,22)16(17,18)19/h3-7H,1-2H3. The Bertz CT molecular complexity index is 1160. The van der Waals surface area contributed by atoms with E-state index in [1.807, 2.05) is 0 Å². The van der Waals surface area contributed by atoms with Crippen molar-refractivity contribution in [2.24, 2.45) is 0 Å². The Balaban J connectivity index is 2.33. The highest BCUT2D eigenvalue weighted by molar-refractivity contribution is 7.88. The van der Waals surface area contributed by atoms with E-state index in [2.05, 4.69) is 4.18 Å². The molecule has 25 heavy (non-hydrogen) atoms. The molecule has 3 rings (SSSR count). The number of alkyl halides is 3. The van der Waals surface area contributed by atoms with E-state index < -0.39 is 21.4 Å². The van der Waals surface area contributed by atoms with Crippen LogP contribution in [0.4, 0.5) is 13.2 Å². The van der Waals surface area contributed by atoms with Gasteiger partial charge in [-0.25, -0.2) is 0 Å². The average Bonchev–Trinajstić information content (AvgIpc) is 2.52. The van der Waals surface area contributed by atoms with Gasteiger partial charge in [-0.2, -0.15) is 21.6 Å². The number of fused-ring (bicyclic) bond motifs is 2. The van der Waals surface area contributed by atoms with E-state index in [-0.39, 0.29) is 33.1 Å². The van der Waals surface area contributed by atoms with Gasteiger partial charge in [0.1, 0.15) is 11.2 Å². The Hall–Kier alpha value is -2.55. The summed E-state index contributed by atoms with van der Waals surface area (Å²) in [6, 6.07) is 7.62. The third kappa shape index (κ3) is 2.74. The first-order valence-electron chi connectivity index (χ1n) is 6.99. The Morgan fingerprint density at radius 1 is 1.08 bits per heavy atom. The first kappa shape index (κ1) is 17.3. The molecule has 0 amide bonds. The predicted molar refractivity (Wildman–Crippen MR) is 85.1 cm³/mol. The van der Waals surface area contributed by atoms with Gasteiger partial charge in [-0.3, -0.25) is 4.79 Å². The summed E-state index contributed by atoms with van der Waals surface area (Å²) in [6.45, 7) is 2.68. The zero-order valence-corrected chi connectivity index (χ0v) is 13.8. The van der Waals surface area contributed by atoms with Crippen LogP contribution in [-0.4, -0.2) is 13.9 Å². The average molecular weight is 372 g/mol. The molecule has 132 valence electrons. The van der Waals surface area contributed by atoms with Crippen LogP contribution in [0.1, 0.15) is 11.1 Å². The van der Waals surface area contributed by atoms with Gasteiger partial charge in [0.2, 0.25) is 5.43 Å². The van der Waals surface area contributed by atoms with Gasteiger partial charge in [0.15, 0.2) is 5.75 Å². The Morgan fingerprint density at radius 2 is 1.72 bits per heavy atom. The molecule has 0 saturated heterocycles. The molecule has 3 aromatic rings. The second kappa shape index (κ2) is 5.48. The van der Waals surface area contributed by atoms with Crippen molar-refractivity contribution in [2.75, 3.05) is 0 Å². The van der Waals surface area contributed by atoms with E-state index >= 15 is 0 Å². The maximum Gasteiger partial charge on any atom is 0.534 e. The lowest BCUT2D eigenvalue weighted by molar-refractivity contribution is -0.0500. The van der Waals surface area contributed by atoms with Crippen LogP contribution < -0.4 is 9.61 Å². The lowest BCUT2D eigenvalue weighted by Gasteiger charge is -2.15. The highest BCUT2D eigenvalue weighted by Crippen LogP contribution is 2.35. The number of para-hydroxylation sites is 1. The molecule has 9 heteroatoms. The highest BCUT2D eigenvalue weighted by atomic mass is 32.2. The van der Waals surface area contributed by atoms with Crippen LogP contribution in [0.3, 0.4) is 0 Å². The quantitative estimate of drug-likeness (QED) is 0.389. The Labute approximate surface area is 139 Å². The number of aryl methyl sites for hydroxylation is 2. The molecule has 0 aliphatic heterocycles. The summed E-state index contributed by atoms with van der Waals surface area (Å²) in [5.41, 5.74) is -5.66. The summed E-state index contributed by atoms with van der Waals surface area (Å²) in [5, 5.41) is 0.441. The summed E-state index contributed by atoms with van der Waals surface area (Å²) in [7, 11) is -5.84. The van der Waals surface area contributed by atoms with E-state index in [0.29, 0.717) is 5.39 Å². The maximum absolute atomic E-state index is 12.6. The zero-order valence-electron chi connectivity index (χ0n) is 13.0. The number of hydrogen-bond donors (Lipinski definition) is 0. The minimum absolute atomic E-state index is 0.00863. The molecule has 5 nitrogen and oxygen atoms in total. The summed E-state index contributed by atoms with van der Waals surface area (Å²) < 4.78 is 70.2. The minimum atomic E-state index is -5.84. The zero-order chi connectivity index (χ0) is 18.6. The van der Waals surface area contributed by atoms with Crippen molar-refractivity contribution in [2.45, 2.75) is 19.4 Å². The summed E-state index contributed by atoms with van der Waals surface area (Å²) >= 11 is 0. The molecule has 0 fully saturated rings. The van der Waals surface area contributed by atoms with Crippen LogP contribution in [0.2, 0.25) is 0 Å². The third-order valence-corrected chi connectivity index (χ3v) is 4.66. The lowest BCUT2D eigenvalue weighted by Crippen LogP contribution is -2.28. The number of benzene rings is 2. The summed E-state index contributed by atoms with van der Waals surface area (Å²) in [6.07, 6.45) is 0. The fraction of sp³-hybridized carbons (Fsp3) is 0.188. The van der Waals surface area contributed by atoms with Crippen LogP contribution in [0.15, 0.2) is 39.5 Å². The number of halogens is 3. The minimum Gasteiger partial charge on any atom is -0.455 e. The van der Waals surface area contributed by atoms with Gasteiger partial charge < -0.3 is 8.60 Å². The van der Waals surface area contributed by atoms with Gasteiger partial charge in [0.05, 0.1) is 10.8 Å². The van der Waals surface area contributed by atoms with Crippen molar-refractivity contribution < 1.29 is 30.2 Å². The van der Waals surface area contributed by atoms with Crippen molar-refractivity contribution in [3.8, 4) is 5.75 Å². The highest BCUT2D eigenvalue weighted by Gasteiger charge is 2.49. The first-order chi connectivity index (χ1) is 11.5. The van der Waals surface area contributed by atoms with Crippen molar-refractivity contribution in [1.82, 2.24) is 0 Å². The molecular formula is C16H11F3O5S. The smallest absolute Gasteiger partial charge is 0.455 e. The molecule has 0 atom stereocenters. The van der Waals surface area contributed by atoms with Crippen LogP contribution in [0.25, 0.3) is 21.9 Å². The van der Waals surface area contributed by atoms with Gasteiger partial charge in [0, 0.05) is 5.56 Å². The van der Waals surface area contributed by atoms with Gasteiger partial charge >= 0.3 is 15.6 Å². The van der Waals surface area contributed by atoms with Crippen molar-refractivity contribution in [3.63, 3.8) is 0 Å². The monoisotopic (exact) mass is 372 g/mol. The summed E-state index contributed by atoms with van der Waals surface area (Å²) in [4.78, 5) is 12.5. The number of hydrogen-bond acceptors (Lipinski definition) is 5. The molecule has 0 radical (unpaired) electrons. The largest absolute Gasteiger partial charge is 0.534 e. The molecule has 0 aliphatic rings. The van der Waals surface area contributed by atoms with E-state index in [9.17, 15) is 26.4 Å². The van der Waals surface area contributed by atoms with Gasteiger partial charge in [-0.15, -0.1) is 0 Å². The Morgan fingerprint density at radius 3 is 2.36 bits per heavy atom. The molecule has 0 N–H and O–H groups in total. The van der Waals surface area contributed by atoms with Crippen LogP contribution >= 0.6 is 0 Å². The van der Waals surface area contributed by atoms with E-state index in [1.54, 1.807) is 18.2 Å². The number of rotatable bonds is 2. The molecule has 0 aliphatic carbocycles. The summed E-state index contributed by atoms with van der Waals surface area (Å²) in [5.74, 6) is -0.511. The first-order valence-corrected chi connectivity index (χ1v) is 8.40. The molecule has 2 aromatic carbocycles. The van der Waals surface area contributed by atoms with Crippen LogP contribution in [0.5, 0.6) is 5.75 Å². The van der Waals surface area contributed by atoms with E-state index in [0.717, 1.165) is 0 Å². The van der Waals surface area contributed by atoms with E-state index in [4.69, 9.17) is 4.42 Å². The van der Waals surface area contributed by atoms with Crippen molar-refractivity contribution in [3.05, 3.63) is 51.7 Å². The molecular weight excluding hydrogens is 361 g/mol. The normalized spacial score (nSPS) is 12.7. The van der Waals surface area contributed by atoms with Gasteiger partial charge in [0.25, 0.3) is 0 Å². The van der Waals surface area contributed by atoms with Crippen molar-refractivity contribution >= 4 is 32.1 Å².